The number of methoxy groups -OCH3 is 1. The molecule has 7 nitrogen and oxygen atoms in total. The van der Waals surface area contributed by atoms with Crippen molar-refractivity contribution in [3.05, 3.63) is 18.2 Å². The molecule has 0 radical (unpaired) electrons. The molecule has 3 amide bonds. The van der Waals surface area contributed by atoms with E-state index in [0.29, 0.717) is 30.0 Å². The average Bonchev–Trinajstić information content (AvgIpc) is 2.88. The van der Waals surface area contributed by atoms with Gasteiger partial charge in [0.15, 0.2) is 0 Å². The Bertz CT molecular complexity index is 559. The highest BCUT2D eigenvalue weighted by Gasteiger charge is 2.37. The summed E-state index contributed by atoms with van der Waals surface area (Å²) in [6.45, 7) is 0. The van der Waals surface area contributed by atoms with Gasteiger partial charge in [-0.3, -0.25) is 4.79 Å². The number of hydrogen-bond acceptors (Lipinski definition) is 4. The van der Waals surface area contributed by atoms with E-state index in [0.717, 1.165) is 12.8 Å². The Balaban J connectivity index is 0.00000242. The molecule has 2 rings (SSSR count). The van der Waals surface area contributed by atoms with Crippen molar-refractivity contribution in [1.82, 2.24) is 0 Å². The van der Waals surface area contributed by atoms with Crippen molar-refractivity contribution in [1.29, 1.82) is 0 Å². The number of hydrogen-bond donors (Lipinski definition) is 4. The predicted octanol–water partition coefficient (Wildman–Crippen LogP) is 1.82. The normalized spacial score (nSPS) is 15.5. The molecule has 0 heterocycles. The monoisotopic (exact) mass is 328 g/mol. The number of benzene rings is 1. The average molecular weight is 329 g/mol. The molecule has 22 heavy (non-hydrogen) atoms. The molecule has 1 aliphatic carbocycles. The van der Waals surface area contributed by atoms with Gasteiger partial charge in [-0.2, -0.15) is 0 Å². The minimum atomic E-state index is -0.794. The second-order valence-corrected chi connectivity index (χ2v) is 5.22. The van der Waals surface area contributed by atoms with Crippen LogP contribution in [0.3, 0.4) is 0 Å². The Kier molecular flexibility index (Phi) is 6.01. The lowest BCUT2D eigenvalue weighted by Gasteiger charge is -2.22. The summed E-state index contributed by atoms with van der Waals surface area (Å²) < 4.78 is 5.17. The number of urea groups is 1. The molecule has 0 aliphatic heterocycles. The van der Waals surface area contributed by atoms with Crippen molar-refractivity contribution in [2.75, 3.05) is 17.7 Å². The van der Waals surface area contributed by atoms with Crippen LogP contribution in [-0.2, 0) is 4.79 Å². The Morgan fingerprint density at radius 2 is 1.86 bits per heavy atom. The maximum absolute atomic E-state index is 12.2. The van der Waals surface area contributed by atoms with Gasteiger partial charge in [-0.1, -0.05) is 12.8 Å². The number of carbonyl (C=O) groups excluding carboxylic acids is 2. The van der Waals surface area contributed by atoms with Crippen molar-refractivity contribution < 1.29 is 14.3 Å². The number of halogens is 1. The van der Waals surface area contributed by atoms with Gasteiger partial charge in [0, 0.05) is 11.8 Å². The minimum Gasteiger partial charge on any atom is -0.494 e. The van der Waals surface area contributed by atoms with E-state index in [1.807, 2.05) is 0 Å². The third-order valence-corrected chi connectivity index (χ3v) is 3.67. The van der Waals surface area contributed by atoms with Crippen LogP contribution in [0.15, 0.2) is 18.2 Å². The van der Waals surface area contributed by atoms with E-state index in [9.17, 15) is 9.59 Å². The van der Waals surface area contributed by atoms with Crippen LogP contribution >= 0.6 is 12.4 Å². The number of nitrogens with two attached hydrogens (primary N) is 2. The highest BCUT2D eigenvalue weighted by atomic mass is 35.5. The molecular formula is C14H21ClN4O3. The van der Waals surface area contributed by atoms with Gasteiger partial charge in [0.25, 0.3) is 0 Å². The highest BCUT2D eigenvalue weighted by molar-refractivity contribution is 5.99. The fourth-order valence-electron chi connectivity index (χ4n) is 2.49. The number of ether oxygens (including phenoxy) is 1. The van der Waals surface area contributed by atoms with Crippen molar-refractivity contribution in [3.8, 4) is 5.75 Å². The Morgan fingerprint density at radius 1 is 1.23 bits per heavy atom. The third-order valence-electron chi connectivity index (χ3n) is 3.67. The quantitative estimate of drug-likeness (QED) is 0.673. The van der Waals surface area contributed by atoms with Gasteiger partial charge in [0.1, 0.15) is 5.75 Å². The van der Waals surface area contributed by atoms with Gasteiger partial charge in [-0.25, -0.2) is 4.79 Å². The summed E-state index contributed by atoms with van der Waals surface area (Å²) in [5.41, 5.74) is 11.4. The minimum absolute atomic E-state index is 0. The first kappa shape index (κ1) is 18.1. The van der Waals surface area contributed by atoms with Crippen LogP contribution in [0.2, 0.25) is 0 Å². The smallest absolute Gasteiger partial charge is 0.316 e. The summed E-state index contributed by atoms with van der Waals surface area (Å²) >= 11 is 0. The summed E-state index contributed by atoms with van der Waals surface area (Å²) in [4.78, 5) is 23.1. The zero-order valence-corrected chi connectivity index (χ0v) is 13.2. The molecule has 6 N–H and O–H groups in total. The van der Waals surface area contributed by atoms with Gasteiger partial charge < -0.3 is 26.8 Å². The van der Waals surface area contributed by atoms with E-state index in [2.05, 4.69) is 10.6 Å². The van der Waals surface area contributed by atoms with Gasteiger partial charge >= 0.3 is 6.03 Å². The largest absolute Gasteiger partial charge is 0.494 e. The summed E-state index contributed by atoms with van der Waals surface area (Å²) in [5.74, 6) is 0.210. The first-order chi connectivity index (χ1) is 9.94. The summed E-state index contributed by atoms with van der Waals surface area (Å²) in [7, 11) is 1.47. The number of nitrogens with one attached hydrogen (secondary N) is 2. The second-order valence-electron chi connectivity index (χ2n) is 5.22. The molecule has 0 unspecified atom stereocenters. The summed E-state index contributed by atoms with van der Waals surface area (Å²) in [5, 5.41) is 5.24. The summed E-state index contributed by atoms with van der Waals surface area (Å²) in [6.07, 6.45) is 3.32. The topological polar surface area (TPSA) is 119 Å². The van der Waals surface area contributed by atoms with Crippen LogP contribution in [0.25, 0.3) is 0 Å². The Labute approximate surface area is 135 Å². The van der Waals surface area contributed by atoms with Crippen molar-refractivity contribution >= 4 is 35.7 Å². The fourth-order valence-corrected chi connectivity index (χ4v) is 2.49. The Hall–Kier alpha value is -1.99. The molecule has 0 bridgehead atoms. The number of amides is 3. The van der Waals surface area contributed by atoms with Crippen molar-refractivity contribution in [2.45, 2.75) is 31.2 Å². The van der Waals surface area contributed by atoms with Gasteiger partial charge in [-0.05, 0) is 25.0 Å². The molecule has 8 heteroatoms. The maximum atomic E-state index is 12.2. The van der Waals surface area contributed by atoms with Crippen LogP contribution < -0.4 is 26.8 Å². The number of carbonyl (C=O) groups is 2. The van der Waals surface area contributed by atoms with Crippen LogP contribution in [0, 0.1) is 0 Å². The fraction of sp³-hybridized carbons (Fsp3) is 0.429. The van der Waals surface area contributed by atoms with Gasteiger partial charge in [-0.15, -0.1) is 12.4 Å². The lowest BCUT2D eigenvalue weighted by molar-refractivity contribution is -0.121. The molecule has 1 aromatic carbocycles. The van der Waals surface area contributed by atoms with E-state index >= 15 is 0 Å². The highest BCUT2D eigenvalue weighted by Crippen LogP contribution is 2.31. The second kappa shape index (κ2) is 7.33. The molecule has 122 valence electrons. The van der Waals surface area contributed by atoms with E-state index in [1.54, 1.807) is 18.2 Å². The zero-order chi connectivity index (χ0) is 15.5. The summed E-state index contributed by atoms with van der Waals surface area (Å²) in [6, 6.07) is 4.19. The number of primary amides is 1. The number of anilines is 2. The van der Waals surface area contributed by atoms with Crippen molar-refractivity contribution in [2.24, 2.45) is 11.5 Å². The SMILES string of the molecule is COc1cc(NC(=O)C2(N)CCCC2)ccc1NC(N)=O.Cl. The lowest BCUT2D eigenvalue weighted by Crippen LogP contribution is -2.48. The maximum Gasteiger partial charge on any atom is 0.316 e. The van der Waals surface area contributed by atoms with Gasteiger partial charge in [0.2, 0.25) is 5.91 Å². The van der Waals surface area contributed by atoms with Crippen LogP contribution in [0.4, 0.5) is 16.2 Å². The van der Waals surface area contributed by atoms with Crippen LogP contribution in [0.1, 0.15) is 25.7 Å². The van der Waals surface area contributed by atoms with E-state index in [-0.39, 0.29) is 18.3 Å². The van der Waals surface area contributed by atoms with E-state index < -0.39 is 11.6 Å². The first-order valence-corrected chi connectivity index (χ1v) is 6.79. The standard InChI is InChI=1S/C14H20N4O3.ClH/c1-21-11-8-9(4-5-10(11)18-13(15)20)17-12(19)14(16)6-2-3-7-14;/h4-5,8H,2-3,6-7,16H2,1H3,(H,17,19)(H3,15,18,20);1H. The van der Waals surface area contributed by atoms with Crippen molar-refractivity contribution in [3.63, 3.8) is 0 Å². The zero-order valence-electron chi connectivity index (χ0n) is 12.3. The van der Waals surface area contributed by atoms with Crippen LogP contribution in [-0.4, -0.2) is 24.6 Å². The molecule has 0 saturated heterocycles. The number of rotatable bonds is 4. The Morgan fingerprint density at radius 3 is 2.41 bits per heavy atom. The molecule has 0 aromatic heterocycles. The van der Waals surface area contributed by atoms with E-state index in [1.165, 1.54) is 7.11 Å². The molecule has 0 spiro atoms. The predicted molar refractivity (Wildman–Crippen MR) is 87.5 cm³/mol. The van der Waals surface area contributed by atoms with E-state index in [4.69, 9.17) is 16.2 Å². The molecule has 1 fully saturated rings. The van der Waals surface area contributed by atoms with Crippen LogP contribution in [0.5, 0.6) is 5.75 Å². The molecule has 1 aliphatic rings. The molecular weight excluding hydrogens is 308 g/mol. The molecule has 0 atom stereocenters. The van der Waals surface area contributed by atoms with Gasteiger partial charge in [0.05, 0.1) is 18.3 Å². The third kappa shape index (κ3) is 4.02. The first-order valence-electron chi connectivity index (χ1n) is 6.79. The molecule has 1 aromatic rings. The molecule has 1 saturated carbocycles. The lowest BCUT2D eigenvalue weighted by atomic mass is 9.98.